The van der Waals surface area contributed by atoms with Crippen molar-refractivity contribution in [2.75, 3.05) is 18.0 Å². The highest BCUT2D eigenvalue weighted by atomic mass is 16.4. The molecule has 2 N–H and O–H groups in total. The molecule has 2 saturated heterocycles. The van der Waals surface area contributed by atoms with Crippen LogP contribution in [0, 0.1) is 0 Å². The number of carbonyl (C=O) groups is 5. The second-order valence-electron chi connectivity index (χ2n) is 8.87. The first-order valence-corrected chi connectivity index (χ1v) is 11.3. The summed E-state index contributed by atoms with van der Waals surface area (Å²) in [6.07, 6.45) is 1.92. The molecule has 3 aliphatic heterocycles. The summed E-state index contributed by atoms with van der Waals surface area (Å²) in [5.74, 6) is -2.74. The van der Waals surface area contributed by atoms with Crippen molar-refractivity contribution in [2.45, 2.75) is 37.6 Å². The van der Waals surface area contributed by atoms with Gasteiger partial charge in [0.2, 0.25) is 11.8 Å². The summed E-state index contributed by atoms with van der Waals surface area (Å²) in [5, 5.41) is 11.3. The fraction of sp³-hybridized carbons (Fsp3) is 0.320. The van der Waals surface area contributed by atoms with E-state index in [-0.39, 0.29) is 29.9 Å². The molecule has 0 saturated carbocycles. The topological polar surface area (TPSA) is 124 Å². The van der Waals surface area contributed by atoms with Gasteiger partial charge in [-0.15, -0.1) is 0 Å². The average molecular weight is 461 g/mol. The minimum Gasteiger partial charge on any atom is -0.478 e. The molecule has 9 heteroatoms. The number of hydrogen-bond acceptors (Lipinski definition) is 6. The highest BCUT2D eigenvalue weighted by Crippen LogP contribution is 2.34. The molecule has 4 amide bonds. The van der Waals surface area contributed by atoms with Crippen LogP contribution in [0.2, 0.25) is 0 Å². The molecule has 0 aromatic heterocycles. The number of piperidine rings is 2. The molecule has 2 fully saturated rings. The number of anilines is 1. The molecular weight excluding hydrogens is 438 g/mol. The fourth-order valence-electron chi connectivity index (χ4n) is 5.03. The number of nitrogens with zero attached hydrogens (tertiary/aromatic N) is 2. The van der Waals surface area contributed by atoms with E-state index in [0.717, 1.165) is 42.1 Å². The van der Waals surface area contributed by atoms with E-state index < -0.39 is 35.6 Å². The van der Waals surface area contributed by atoms with E-state index >= 15 is 0 Å². The van der Waals surface area contributed by atoms with Crippen molar-refractivity contribution in [3.63, 3.8) is 0 Å². The average Bonchev–Trinajstić information content (AvgIpc) is 3.09. The predicted octanol–water partition coefficient (Wildman–Crippen LogP) is 2.17. The highest BCUT2D eigenvalue weighted by Gasteiger charge is 2.44. The molecular formula is C25H23N3O6. The van der Waals surface area contributed by atoms with Gasteiger partial charge in [0.15, 0.2) is 0 Å². The minimum absolute atomic E-state index is 0.0900. The molecule has 0 spiro atoms. The van der Waals surface area contributed by atoms with Crippen LogP contribution in [0.5, 0.6) is 0 Å². The summed E-state index contributed by atoms with van der Waals surface area (Å²) in [7, 11) is 0. The Morgan fingerprint density at radius 2 is 1.56 bits per heavy atom. The Morgan fingerprint density at radius 1 is 0.882 bits per heavy atom. The van der Waals surface area contributed by atoms with Gasteiger partial charge in [-0.2, -0.15) is 0 Å². The molecule has 1 atom stereocenters. The van der Waals surface area contributed by atoms with Gasteiger partial charge in [-0.3, -0.25) is 29.4 Å². The van der Waals surface area contributed by atoms with Crippen LogP contribution in [0.25, 0.3) is 0 Å². The molecule has 34 heavy (non-hydrogen) atoms. The molecule has 2 aromatic rings. The number of fused-ring (bicyclic) bond motifs is 1. The summed E-state index contributed by atoms with van der Waals surface area (Å²) in [4.78, 5) is 63.9. The Balaban J connectivity index is 1.29. The Morgan fingerprint density at radius 3 is 2.21 bits per heavy atom. The molecule has 174 valence electrons. The normalized spacial score (nSPS) is 21.0. The highest BCUT2D eigenvalue weighted by molar-refractivity contribution is 6.23. The zero-order chi connectivity index (χ0) is 24.0. The van der Waals surface area contributed by atoms with Crippen LogP contribution in [0.1, 0.15) is 68.2 Å². The lowest BCUT2D eigenvalue weighted by Crippen LogP contribution is -2.54. The third kappa shape index (κ3) is 3.72. The molecule has 1 unspecified atom stereocenters. The Kier molecular flexibility index (Phi) is 5.39. The van der Waals surface area contributed by atoms with Crippen LogP contribution in [-0.2, 0) is 9.59 Å². The predicted molar refractivity (Wildman–Crippen MR) is 121 cm³/mol. The number of carboxylic acids is 1. The standard InChI is InChI=1S/C25H23N3O6/c29-21-8-7-20(22(30)26-21)28-23(31)18-6-3-16(13-19(18)24(28)32)14-9-11-27(12-10-14)17-4-1-15(2-5-17)25(33)34/h1-6,13-14,20H,7-12H2,(H,33,34)(H,26,29,30). The smallest absolute Gasteiger partial charge is 0.335 e. The van der Waals surface area contributed by atoms with Gasteiger partial charge in [-0.25, -0.2) is 4.79 Å². The number of amides is 4. The van der Waals surface area contributed by atoms with Gasteiger partial charge in [0.25, 0.3) is 11.8 Å². The largest absolute Gasteiger partial charge is 0.478 e. The molecule has 5 rings (SSSR count). The number of imide groups is 2. The van der Waals surface area contributed by atoms with E-state index in [1.165, 1.54) is 0 Å². The first-order chi connectivity index (χ1) is 16.3. The molecule has 0 bridgehead atoms. The summed E-state index contributed by atoms with van der Waals surface area (Å²) in [6.45, 7) is 1.56. The van der Waals surface area contributed by atoms with Crippen molar-refractivity contribution < 1.29 is 29.1 Å². The number of carboxylic acid groups (broad SMARTS) is 1. The lowest BCUT2D eigenvalue weighted by Gasteiger charge is -2.34. The number of aromatic carboxylic acids is 1. The van der Waals surface area contributed by atoms with Crippen molar-refractivity contribution >= 4 is 35.3 Å². The first-order valence-electron chi connectivity index (χ1n) is 11.3. The van der Waals surface area contributed by atoms with Crippen LogP contribution < -0.4 is 10.2 Å². The van der Waals surface area contributed by atoms with Crippen molar-refractivity contribution in [1.82, 2.24) is 10.2 Å². The minimum atomic E-state index is -0.968. The van der Waals surface area contributed by atoms with Crippen molar-refractivity contribution in [3.8, 4) is 0 Å². The third-order valence-corrected chi connectivity index (χ3v) is 6.91. The Labute approximate surface area is 195 Å². The number of rotatable bonds is 4. The van der Waals surface area contributed by atoms with E-state index in [9.17, 15) is 24.0 Å². The summed E-state index contributed by atoms with van der Waals surface area (Å²) >= 11 is 0. The van der Waals surface area contributed by atoms with Gasteiger partial charge in [0.1, 0.15) is 6.04 Å². The maximum absolute atomic E-state index is 13.1. The molecule has 3 heterocycles. The quantitative estimate of drug-likeness (QED) is 0.669. The summed E-state index contributed by atoms with van der Waals surface area (Å²) in [6, 6.07) is 11.2. The van der Waals surface area contributed by atoms with Crippen molar-refractivity contribution in [1.29, 1.82) is 0 Å². The zero-order valence-corrected chi connectivity index (χ0v) is 18.3. The van der Waals surface area contributed by atoms with E-state index in [4.69, 9.17) is 5.11 Å². The van der Waals surface area contributed by atoms with Crippen LogP contribution >= 0.6 is 0 Å². The number of hydrogen-bond donors (Lipinski definition) is 2. The van der Waals surface area contributed by atoms with Gasteiger partial charge < -0.3 is 10.0 Å². The number of nitrogens with one attached hydrogen (secondary N) is 1. The monoisotopic (exact) mass is 461 g/mol. The molecule has 3 aliphatic rings. The number of carbonyl (C=O) groups excluding carboxylic acids is 4. The van der Waals surface area contributed by atoms with Gasteiger partial charge in [0, 0.05) is 25.2 Å². The summed E-state index contributed by atoms with van der Waals surface area (Å²) in [5.41, 5.74) is 2.79. The lowest BCUT2D eigenvalue weighted by atomic mass is 9.87. The van der Waals surface area contributed by atoms with Crippen LogP contribution in [0.15, 0.2) is 42.5 Å². The molecule has 9 nitrogen and oxygen atoms in total. The first kappa shape index (κ1) is 21.8. The van der Waals surface area contributed by atoms with Gasteiger partial charge in [-0.1, -0.05) is 6.07 Å². The van der Waals surface area contributed by atoms with Crippen LogP contribution in [0.3, 0.4) is 0 Å². The third-order valence-electron chi connectivity index (χ3n) is 6.91. The van der Waals surface area contributed by atoms with Gasteiger partial charge >= 0.3 is 5.97 Å². The second-order valence-corrected chi connectivity index (χ2v) is 8.87. The number of benzene rings is 2. The van der Waals surface area contributed by atoms with Gasteiger partial charge in [0.05, 0.1) is 16.7 Å². The van der Waals surface area contributed by atoms with Gasteiger partial charge in [-0.05, 0) is 67.1 Å². The van der Waals surface area contributed by atoms with E-state index in [2.05, 4.69) is 10.2 Å². The fourth-order valence-corrected chi connectivity index (χ4v) is 5.03. The molecule has 0 radical (unpaired) electrons. The molecule has 0 aliphatic carbocycles. The maximum atomic E-state index is 13.1. The van der Waals surface area contributed by atoms with Crippen molar-refractivity contribution in [2.24, 2.45) is 0 Å². The van der Waals surface area contributed by atoms with E-state index in [1.54, 1.807) is 24.3 Å². The van der Waals surface area contributed by atoms with Crippen LogP contribution in [0.4, 0.5) is 5.69 Å². The Hall–Kier alpha value is -4.01. The van der Waals surface area contributed by atoms with E-state index in [0.29, 0.717) is 5.56 Å². The van der Waals surface area contributed by atoms with Crippen LogP contribution in [-0.4, -0.2) is 58.7 Å². The lowest BCUT2D eigenvalue weighted by molar-refractivity contribution is -0.136. The maximum Gasteiger partial charge on any atom is 0.335 e. The Bertz CT molecular complexity index is 1210. The van der Waals surface area contributed by atoms with Crippen molar-refractivity contribution in [3.05, 3.63) is 64.7 Å². The molecule has 2 aromatic carbocycles. The summed E-state index contributed by atoms with van der Waals surface area (Å²) < 4.78 is 0. The second kappa shape index (κ2) is 8.40. The zero-order valence-electron chi connectivity index (χ0n) is 18.3. The van der Waals surface area contributed by atoms with E-state index in [1.807, 2.05) is 18.2 Å². The SMILES string of the molecule is O=C1CCC(N2C(=O)c3ccc(C4CCN(c5ccc(C(=O)O)cc5)CC4)cc3C2=O)C(=O)N1.